The van der Waals surface area contributed by atoms with Crippen molar-refractivity contribution in [2.75, 3.05) is 16.8 Å². The molecule has 2 aromatic carbocycles. The molecule has 0 saturated carbocycles. The standard InChI is InChI=1S/C20H22N2O3/c1-2-3-9-19(23)21-16-10-11-18-17(12-16)22(20(24)14-25-18)13-15-7-5-4-6-8-15/h4-8,10-12H,2-3,9,13-14H2,1H3,(H,21,23). The maximum Gasteiger partial charge on any atom is 0.265 e. The van der Waals surface area contributed by atoms with Gasteiger partial charge in [0, 0.05) is 12.1 Å². The summed E-state index contributed by atoms with van der Waals surface area (Å²) in [5.41, 5.74) is 2.41. The lowest BCUT2D eigenvalue weighted by Gasteiger charge is -2.30. The monoisotopic (exact) mass is 338 g/mol. The van der Waals surface area contributed by atoms with E-state index in [1.165, 1.54) is 0 Å². The van der Waals surface area contributed by atoms with Gasteiger partial charge in [-0.3, -0.25) is 9.59 Å². The molecule has 1 aliphatic heterocycles. The van der Waals surface area contributed by atoms with Gasteiger partial charge in [0.15, 0.2) is 6.61 Å². The first-order valence-corrected chi connectivity index (χ1v) is 8.58. The average Bonchev–Trinajstić information content (AvgIpc) is 2.63. The second kappa shape index (κ2) is 7.83. The highest BCUT2D eigenvalue weighted by Crippen LogP contribution is 2.35. The Morgan fingerprint density at radius 1 is 1.20 bits per heavy atom. The molecule has 1 aliphatic rings. The van der Waals surface area contributed by atoms with Crippen molar-refractivity contribution in [3.05, 3.63) is 54.1 Å². The third-order valence-electron chi connectivity index (χ3n) is 4.13. The number of carbonyl (C=O) groups excluding carboxylic acids is 2. The lowest BCUT2D eigenvalue weighted by Crippen LogP contribution is -2.38. The number of rotatable bonds is 6. The van der Waals surface area contributed by atoms with Crippen LogP contribution in [0.25, 0.3) is 0 Å². The molecule has 2 amide bonds. The van der Waals surface area contributed by atoms with Crippen molar-refractivity contribution >= 4 is 23.2 Å². The van der Waals surface area contributed by atoms with Gasteiger partial charge in [0.1, 0.15) is 5.75 Å². The van der Waals surface area contributed by atoms with Crippen molar-refractivity contribution in [2.24, 2.45) is 0 Å². The number of ether oxygens (including phenoxy) is 1. The first-order valence-electron chi connectivity index (χ1n) is 8.58. The predicted octanol–water partition coefficient (Wildman–Crippen LogP) is 3.74. The molecular formula is C20H22N2O3. The molecule has 5 heteroatoms. The highest BCUT2D eigenvalue weighted by atomic mass is 16.5. The molecule has 0 aromatic heterocycles. The lowest BCUT2D eigenvalue weighted by atomic mass is 10.1. The Labute approximate surface area is 147 Å². The first kappa shape index (κ1) is 17.0. The number of unbranched alkanes of at least 4 members (excludes halogenated alkanes) is 1. The van der Waals surface area contributed by atoms with Crippen molar-refractivity contribution in [3.8, 4) is 5.75 Å². The number of hydrogen-bond donors (Lipinski definition) is 1. The minimum absolute atomic E-state index is 0.0144. The fourth-order valence-electron chi connectivity index (χ4n) is 2.78. The SMILES string of the molecule is CCCCC(=O)Nc1ccc2c(c1)N(Cc1ccccc1)C(=O)CO2. The molecular weight excluding hydrogens is 316 g/mol. The summed E-state index contributed by atoms with van der Waals surface area (Å²) in [4.78, 5) is 26.0. The second-order valence-electron chi connectivity index (χ2n) is 6.09. The zero-order valence-electron chi connectivity index (χ0n) is 14.3. The van der Waals surface area contributed by atoms with E-state index in [-0.39, 0.29) is 18.4 Å². The molecule has 1 N–H and O–H groups in total. The number of benzene rings is 2. The van der Waals surface area contributed by atoms with Gasteiger partial charge in [-0.15, -0.1) is 0 Å². The summed E-state index contributed by atoms with van der Waals surface area (Å²) in [6.07, 6.45) is 2.33. The molecule has 3 rings (SSSR count). The number of hydrogen-bond acceptors (Lipinski definition) is 3. The van der Waals surface area contributed by atoms with Crippen molar-refractivity contribution in [1.29, 1.82) is 0 Å². The van der Waals surface area contributed by atoms with Gasteiger partial charge in [-0.05, 0) is 30.2 Å². The predicted molar refractivity (Wildman–Crippen MR) is 97.7 cm³/mol. The van der Waals surface area contributed by atoms with Gasteiger partial charge in [0.05, 0.1) is 12.2 Å². The Bertz CT molecular complexity index is 759. The van der Waals surface area contributed by atoms with Gasteiger partial charge in [-0.25, -0.2) is 0 Å². The normalized spacial score (nSPS) is 13.2. The maximum atomic E-state index is 12.3. The highest BCUT2D eigenvalue weighted by molar-refractivity contribution is 5.99. The van der Waals surface area contributed by atoms with Crippen molar-refractivity contribution in [1.82, 2.24) is 0 Å². The number of nitrogens with zero attached hydrogens (tertiary/aromatic N) is 1. The van der Waals surface area contributed by atoms with Crippen LogP contribution >= 0.6 is 0 Å². The maximum absolute atomic E-state index is 12.3. The van der Waals surface area contributed by atoms with E-state index in [2.05, 4.69) is 12.2 Å². The Balaban J connectivity index is 1.82. The third kappa shape index (κ3) is 4.18. The second-order valence-corrected chi connectivity index (χ2v) is 6.09. The van der Waals surface area contributed by atoms with Gasteiger partial charge in [-0.1, -0.05) is 43.7 Å². The molecule has 0 radical (unpaired) electrons. The van der Waals surface area contributed by atoms with E-state index in [4.69, 9.17) is 4.74 Å². The Morgan fingerprint density at radius 3 is 2.76 bits per heavy atom. The average molecular weight is 338 g/mol. The highest BCUT2D eigenvalue weighted by Gasteiger charge is 2.26. The van der Waals surface area contributed by atoms with Crippen molar-refractivity contribution < 1.29 is 14.3 Å². The van der Waals surface area contributed by atoms with Crippen molar-refractivity contribution in [3.63, 3.8) is 0 Å². The number of nitrogens with one attached hydrogen (secondary N) is 1. The summed E-state index contributed by atoms with van der Waals surface area (Å²) in [7, 11) is 0. The summed E-state index contributed by atoms with van der Waals surface area (Å²) in [5, 5.41) is 2.89. The molecule has 0 spiro atoms. The van der Waals surface area contributed by atoms with Crippen LogP contribution in [0, 0.1) is 0 Å². The van der Waals surface area contributed by atoms with Crippen LogP contribution < -0.4 is 15.0 Å². The smallest absolute Gasteiger partial charge is 0.265 e. The molecule has 0 saturated heterocycles. The Morgan fingerprint density at radius 2 is 2.00 bits per heavy atom. The minimum Gasteiger partial charge on any atom is -0.482 e. The van der Waals surface area contributed by atoms with E-state index in [0.29, 0.717) is 30.1 Å². The Kier molecular flexibility index (Phi) is 5.33. The molecule has 25 heavy (non-hydrogen) atoms. The molecule has 1 heterocycles. The van der Waals surface area contributed by atoms with Gasteiger partial charge in [-0.2, -0.15) is 0 Å². The van der Waals surface area contributed by atoms with Crippen LogP contribution in [0.2, 0.25) is 0 Å². The lowest BCUT2D eigenvalue weighted by molar-refractivity contribution is -0.121. The quantitative estimate of drug-likeness (QED) is 0.873. The van der Waals surface area contributed by atoms with E-state index in [9.17, 15) is 9.59 Å². The molecule has 5 nitrogen and oxygen atoms in total. The summed E-state index contributed by atoms with van der Waals surface area (Å²) in [6.45, 7) is 2.56. The number of amides is 2. The summed E-state index contributed by atoms with van der Waals surface area (Å²) in [5.74, 6) is 0.548. The number of anilines is 2. The topological polar surface area (TPSA) is 58.6 Å². The molecule has 130 valence electrons. The van der Waals surface area contributed by atoms with Crippen LogP contribution in [0.4, 0.5) is 11.4 Å². The molecule has 0 fully saturated rings. The van der Waals surface area contributed by atoms with Crippen LogP contribution in [0.3, 0.4) is 0 Å². The minimum atomic E-state index is -0.0918. The van der Waals surface area contributed by atoms with E-state index >= 15 is 0 Å². The molecule has 2 aromatic rings. The molecule has 0 unspecified atom stereocenters. The van der Waals surface area contributed by atoms with Gasteiger partial charge in [0.25, 0.3) is 5.91 Å². The third-order valence-corrected chi connectivity index (χ3v) is 4.13. The fraction of sp³-hybridized carbons (Fsp3) is 0.300. The largest absolute Gasteiger partial charge is 0.482 e. The van der Waals surface area contributed by atoms with Crippen LogP contribution in [0.5, 0.6) is 5.75 Å². The van der Waals surface area contributed by atoms with E-state index in [0.717, 1.165) is 18.4 Å². The molecule has 0 bridgehead atoms. The van der Waals surface area contributed by atoms with Crippen LogP contribution in [-0.2, 0) is 16.1 Å². The van der Waals surface area contributed by atoms with Gasteiger partial charge >= 0.3 is 0 Å². The number of fused-ring (bicyclic) bond motifs is 1. The van der Waals surface area contributed by atoms with Gasteiger partial charge in [0.2, 0.25) is 5.91 Å². The molecule has 0 atom stereocenters. The van der Waals surface area contributed by atoms with E-state index in [1.807, 2.05) is 30.3 Å². The Hall–Kier alpha value is -2.82. The summed E-state index contributed by atoms with van der Waals surface area (Å²) < 4.78 is 5.52. The van der Waals surface area contributed by atoms with Crippen LogP contribution in [0.15, 0.2) is 48.5 Å². The zero-order valence-corrected chi connectivity index (χ0v) is 14.3. The first-order chi connectivity index (χ1) is 12.2. The fourth-order valence-corrected chi connectivity index (χ4v) is 2.78. The summed E-state index contributed by atoms with van der Waals surface area (Å²) in [6, 6.07) is 15.2. The van der Waals surface area contributed by atoms with Gasteiger partial charge < -0.3 is 15.0 Å². The van der Waals surface area contributed by atoms with E-state index < -0.39 is 0 Å². The van der Waals surface area contributed by atoms with E-state index in [1.54, 1.807) is 23.1 Å². The van der Waals surface area contributed by atoms with Crippen LogP contribution in [-0.4, -0.2) is 18.4 Å². The summed E-state index contributed by atoms with van der Waals surface area (Å²) >= 11 is 0. The zero-order chi connectivity index (χ0) is 17.6. The van der Waals surface area contributed by atoms with Crippen LogP contribution in [0.1, 0.15) is 31.7 Å². The number of carbonyl (C=O) groups is 2. The molecule has 0 aliphatic carbocycles. The van der Waals surface area contributed by atoms with Crippen molar-refractivity contribution in [2.45, 2.75) is 32.7 Å².